The molecule has 0 aliphatic carbocycles. The maximum absolute atomic E-state index is 12.1. The third kappa shape index (κ3) is 4.08. The van der Waals surface area contributed by atoms with Gasteiger partial charge in [0.15, 0.2) is 5.78 Å². The summed E-state index contributed by atoms with van der Waals surface area (Å²) in [6.45, 7) is 6.35. The number of allylic oxidation sites excluding steroid dienone is 1. The molecule has 0 unspecified atom stereocenters. The van der Waals surface area contributed by atoms with Crippen molar-refractivity contribution in [2.75, 3.05) is 5.75 Å². The second-order valence-corrected chi connectivity index (χ2v) is 6.30. The predicted molar refractivity (Wildman–Crippen MR) is 92.1 cm³/mol. The largest absolute Gasteiger partial charge is 0.289 e. The summed E-state index contributed by atoms with van der Waals surface area (Å²) in [4.78, 5) is 13.4. The molecule has 0 aliphatic heterocycles. The van der Waals surface area contributed by atoms with E-state index in [1.807, 2.05) is 48.2 Å². The lowest BCUT2D eigenvalue weighted by Gasteiger charge is -2.08. The Morgan fingerprint density at radius 2 is 1.71 bits per heavy atom. The fourth-order valence-electron chi connectivity index (χ4n) is 2.31. The number of carbonyl (C=O) groups excluding carboxylic acids is 1. The van der Waals surface area contributed by atoms with Gasteiger partial charge in [0.1, 0.15) is 0 Å². The summed E-state index contributed by atoms with van der Waals surface area (Å²) in [6, 6.07) is 13.7. The van der Waals surface area contributed by atoms with Crippen molar-refractivity contribution in [3.8, 4) is 0 Å². The molecule has 0 amide bonds. The first-order valence-corrected chi connectivity index (χ1v) is 8.12. The van der Waals surface area contributed by atoms with Crippen LogP contribution in [0.1, 0.15) is 34.0 Å². The van der Waals surface area contributed by atoms with Gasteiger partial charge in [0.05, 0.1) is 0 Å². The van der Waals surface area contributed by atoms with Crippen LogP contribution >= 0.6 is 11.8 Å². The Morgan fingerprint density at radius 3 is 2.29 bits per heavy atom. The Labute approximate surface area is 131 Å². The van der Waals surface area contributed by atoms with Crippen LogP contribution in [0.25, 0.3) is 6.08 Å². The molecule has 0 spiro atoms. The molecule has 0 bridgehead atoms. The van der Waals surface area contributed by atoms with Crippen LogP contribution in [0.2, 0.25) is 0 Å². The van der Waals surface area contributed by atoms with Crippen molar-refractivity contribution in [1.82, 2.24) is 0 Å². The van der Waals surface area contributed by atoms with Gasteiger partial charge in [-0.25, -0.2) is 0 Å². The maximum Gasteiger partial charge on any atom is 0.185 e. The van der Waals surface area contributed by atoms with E-state index in [1.165, 1.54) is 16.0 Å². The number of ketones is 1. The molecular weight excluding hydrogens is 276 g/mol. The lowest BCUT2D eigenvalue weighted by Crippen LogP contribution is -1.94. The summed E-state index contributed by atoms with van der Waals surface area (Å²) in [5, 5.41) is 0. The number of hydrogen-bond acceptors (Lipinski definition) is 2. The number of rotatable bonds is 5. The van der Waals surface area contributed by atoms with Gasteiger partial charge in [0.2, 0.25) is 0 Å². The second kappa shape index (κ2) is 7.28. The number of benzene rings is 2. The number of carbonyl (C=O) groups is 1. The SMILES string of the molecule is CCSc1cc(C)c(/C=C/C(=O)c2ccccc2)c(C)c1. The van der Waals surface area contributed by atoms with Crippen molar-refractivity contribution in [2.45, 2.75) is 25.7 Å². The summed E-state index contributed by atoms with van der Waals surface area (Å²) in [5.41, 5.74) is 4.29. The highest BCUT2D eigenvalue weighted by Gasteiger charge is 2.04. The van der Waals surface area contributed by atoms with Gasteiger partial charge >= 0.3 is 0 Å². The van der Waals surface area contributed by atoms with E-state index in [1.54, 1.807) is 6.08 Å². The number of hydrogen-bond donors (Lipinski definition) is 0. The highest BCUT2D eigenvalue weighted by atomic mass is 32.2. The molecule has 0 saturated heterocycles. The summed E-state index contributed by atoms with van der Waals surface area (Å²) in [5.74, 6) is 1.11. The fourth-order valence-corrected chi connectivity index (χ4v) is 3.16. The van der Waals surface area contributed by atoms with E-state index in [2.05, 4.69) is 32.9 Å². The van der Waals surface area contributed by atoms with Crippen LogP contribution in [0, 0.1) is 13.8 Å². The average molecular weight is 296 g/mol. The Kier molecular flexibility index (Phi) is 5.40. The van der Waals surface area contributed by atoms with E-state index < -0.39 is 0 Å². The number of thioether (sulfide) groups is 1. The first-order valence-electron chi connectivity index (χ1n) is 7.13. The van der Waals surface area contributed by atoms with Gasteiger partial charge in [-0.1, -0.05) is 43.3 Å². The van der Waals surface area contributed by atoms with Gasteiger partial charge in [-0.15, -0.1) is 11.8 Å². The van der Waals surface area contributed by atoms with E-state index in [-0.39, 0.29) is 5.78 Å². The van der Waals surface area contributed by atoms with Crippen molar-refractivity contribution in [2.24, 2.45) is 0 Å². The van der Waals surface area contributed by atoms with Crippen LogP contribution in [0.4, 0.5) is 0 Å². The van der Waals surface area contributed by atoms with E-state index in [0.717, 1.165) is 16.9 Å². The van der Waals surface area contributed by atoms with Crippen LogP contribution in [-0.2, 0) is 0 Å². The molecular formula is C19H20OS. The molecule has 0 atom stereocenters. The molecule has 0 radical (unpaired) electrons. The minimum absolute atomic E-state index is 0.0430. The highest BCUT2D eigenvalue weighted by molar-refractivity contribution is 7.99. The molecule has 2 aromatic carbocycles. The molecule has 0 aromatic heterocycles. The summed E-state index contributed by atoms with van der Waals surface area (Å²) in [7, 11) is 0. The summed E-state index contributed by atoms with van der Waals surface area (Å²) in [6.07, 6.45) is 3.59. The van der Waals surface area contributed by atoms with Crippen molar-refractivity contribution in [3.05, 3.63) is 70.8 Å². The standard InChI is InChI=1S/C19H20OS/c1-4-21-17-12-14(2)18(15(3)13-17)10-11-19(20)16-8-6-5-7-9-16/h5-13H,4H2,1-3H3/b11-10+. The molecule has 0 fully saturated rings. The molecule has 0 aliphatic rings. The summed E-state index contributed by atoms with van der Waals surface area (Å²) >= 11 is 1.84. The predicted octanol–water partition coefficient (Wildman–Crippen LogP) is 5.31. The van der Waals surface area contributed by atoms with Crippen molar-refractivity contribution >= 4 is 23.6 Å². The first kappa shape index (κ1) is 15.6. The Hall–Kier alpha value is -1.80. The molecule has 0 N–H and O–H groups in total. The minimum atomic E-state index is 0.0430. The second-order valence-electron chi connectivity index (χ2n) is 4.97. The van der Waals surface area contributed by atoms with Gasteiger partial charge in [0, 0.05) is 10.5 Å². The van der Waals surface area contributed by atoms with Crippen molar-refractivity contribution < 1.29 is 4.79 Å². The van der Waals surface area contributed by atoms with E-state index >= 15 is 0 Å². The Morgan fingerprint density at radius 1 is 1.10 bits per heavy atom. The molecule has 2 aromatic rings. The Balaban J connectivity index is 2.23. The first-order chi connectivity index (χ1) is 10.1. The van der Waals surface area contributed by atoms with Crippen molar-refractivity contribution in [1.29, 1.82) is 0 Å². The van der Waals surface area contributed by atoms with Gasteiger partial charge in [-0.05, 0) is 54.5 Å². The zero-order valence-corrected chi connectivity index (χ0v) is 13.5. The molecule has 0 saturated carbocycles. The van der Waals surface area contributed by atoms with Crippen LogP contribution < -0.4 is 0 Å². The van der Waals surface area contributed by atoms with Crippen molar-refractivity contribution in [3.63, 3.8) is 0 Å². The highest BCUT2D eigenvalue weighted by Crippen LogP contribution is 2.25. The van der Waals surface area contributed by atoms with E-state index in [0.29, 0.717) is 0 Å². The molecule has 0 heterocycles. The fraction of sp³-hybridized carbons (Fsp3) is 0.211. The van der Waals surface area contributed by atoms with E-state index in [9.17, 15) is 4.79 Å². The molecule has 21 heavy (non-hydrogen) atoms. The molecule has 2 heteroatoms. The number of aryl methyl sites for hydroxylation is 2. The monoisotopic (exact) mass is 296 g/mol. The summed E-state index contributed by atoms with van der Waals surface area (Å²) < 4.78 is 0. The molecule has 108 valence electrons. The minimum Gasteiger partial charge on any atom is -0.289 e. The van der Waals surface area contributed by atoms with Gasteiger partial charge in [-0.2, -0.15) is 0 Å². The third-order valence-electron chi connectivity index (χ3n) is 3.34. The van der Waals surface area contributed by atoms with Crippen LogP contribution in [0.3, 0.4) is 0 Å². The van der Waals surface area contributed by atoms with Crippen LogP contribution in [0.5, 0.6) is 0 Å². The zero-order valence-electron chi connectivity index (χ0n) is 12.7. The third-order valence-corrected chi connectivity index (χ3v) is 4.20. The van der Waals surface area contributed by atoms with Crippen LogP contribution in [-0.4, -0.2) is 11.5 Å². The topological polar surface area (TPSA) is 17.1 Å². The maximum atomic E-state index is 12.1. The lowest BCUT2D eigenvalue weighted by atomic mass is 10.0. The average Bonchev–Trinajstić information content (AvgIpc) is 2.47. The lowest BCUT2D eigenvalue weighted by molar-refractivity contribution is 0.104. The molecule has 2 rings (SSSR count). The smallest absolute Gasteiger partial charge is 0.185 e. The Bertz CT molecular complexity index is 634. The molecule has 1 nitrogen and oxygen atoms in total. The normalized spacial score (nSPS) is 11.0. The van der Waals surface area contributed by atoms with Gasteiger partial charge < -0.3 is 0 Å². The quantitative estimate of drug-likeness (QED) is 0.422. The zero-order chi connectivity index (χ0) is 15.2. The van der Waals surface area contributed by atoms with Gasteiger partial charge in [0.25, 0.3) is 0 Å². The van der Waals surface area contributed by atoms with Crippen LogP contribution in [0.15, 0.2) is 53.4 Å². The van der Waals surface area contributed by atoms with Gasteiger partial charge in [-0.3, -0.25) is 4.79 Å². The van der Waals surface area contributed by atoms with E-state index in [4.69, 9.17) is 0 Å².